The lowest BCUT2D eigenvalue weighted by atomic mass is 10.0. The number of rotatable bonds is 10. The van der Waals surface area contributed by atoms with Crippen molar-refractivity contribution >= 4 is 23.7 Å². The van der Waals surface area contributed by atoms with Crippen LogP contribution in [0.1, 0.15) is 83.8 Å². The molecule has 1 aromatic carbocycles. The maximum atomic E-state index is 13.5. The molecule has 12 heteroatoms. The third-order valence-corrected chi connectivity index (χ3v) is 7.97. The molecule has 12 nitrogen and oxygen atoms in total. The summed E-state index contributed by atoms with van der Waals surface area (Å²) in [5.74, 6) is 0.543. The van der Waals surface area contributed by atoms with Crippen LogP contribution in [0.2, 0.25) is 0 Å². The number of nitrogens with zero attached hydrogens (tertiary/aromatic N) is 4. The highest BCUT2D eigenvalue weighted by atomic mass is 16.6. The average molecular weight is 661 g/mol. The van der Waals surface area contributed by atoms with Gasteiger partial charge in [0.15, 0.2) is 6.10 Å². The first-order chi connectivity index (χ1) is 22.7. The quantitative estimate of drug-likeness (QED) is 0.290. The van der Waals surface area contributed by atoms with Crippen molar-refractivity contribution in [2.24, 2.45) is 0 Å². The van der Waals surface area contributed by atoms with Gasteiger partial charge in [-0.25, -0.2) is 9.78 Å². The Labute approximate surface area is 283 Å². The fourth-order valence-corrected chi connectivity index (χ4v) is 5.46. The number of benzene rings is 1. The molecule has 1 fully saturated rings. The molecule has 2 atom stereocenters. The van der Waals surface area contributed by atoms with Crippen LogP contribution in [-0.2, 0) is 4.74 Å². The van der Waals surface area contributed by atoms with E-state index >= 15 is 0 Å². The van der Waals surface area contributed by atoms with Gasteiger partial charge < -0.3 is 29.7 Å². The number of ether oxygens (including phenoxy) is 3. The van der Waals surface area contributed by atoms with E-state index in [2.05, 4.69) is 25.5 Å². The van der Waals surface area contributed by atoms with Gasteiger partial charge in [0.1, 0.15) is 22.9 Å². The Morgan fingerprint density at radius 2 is 1.73 bits per heavy atom. The van der Waals surface area contributed by atoms with Crippen LogP contribution in [0.4, 0.5) is 10.6 Å². The fraction of sp³-hybridized carbons (Fsp3) is 0.472. The minimum absolute atomic E-state index is 0.0880. The fourth-order valence-electron chi connectivity index (χ4n) is 5.46. The molecule has 1 saturated heterocycles. The van der Waals surface area contributed by atoms with Gasteiger partial charge in [0, 0.05) is 50.5 Å². The molecule has 0 bridgehead atoms. The number of anilines is 1. The number of amides is 3. The molecular formula is C36H48N6O6. The topological polar surface area (TPSA) is 135 Å². The first-order valence-corrected chi connectivity index (χ1v) is 16.2. The first kappa shape index (κ1) is 36.1. The van der Waals surface area contributed by atoms with Gasteiger partial charge in [-0.3, -0.25) is 19.5 Å². The maximum absolute atomic E-state index is 13.5. The van der Waals surface area contributed by atoms with Crippen molar-refractivity contribution in [3.8, 4) is 11.5 Å². The molecule has 3 heterocycles. The molecule has 3 aromatic rings. The zero-order valence-corrected chi connectivity index (χ0v) is 29.5. The number of pyridine rings is 2. The number of carbonyl (C=O) groups excluding carboxylic acids is 3. The minimum atomic E-state index is -0.578. The van der Waals surface area contributed by atoms with Crippen LogP contribution >= 0.6 is 0 Å². The van der Waals surface area contributed by atoms with E-state index in [1.165, 1.54) is 6.20 Å². The van der Waals surface area contributed by atoms with Gasteiger partial charge in [-0.15, -0.1) is 0 Å². The van der Waals surface area contributed by atoms with Crippen LogP contribution in [0.25, 0.3) is 0 Å². The molecule has 48 heavy (non-hydrogen) atoms. The summed E-state index contributed by atoms with van der Waals surface area (Å²) in [6.45, 7) is 17.6. The SMILES string of the molecule is CCNC(=O)c1cc(C(=O)Nc2ncc(OC)cc2C)c(C)cc1O[C@H](CN1CCN(C(=O)OC(C)(C)C)[C@H](C)C1)c1ccc(C)cn1. The molecule has 3 amide bonds. The molecule has 0 radical (unpaired) electrons. The Morgan fingerprint density at radius 3 is 2.33 bits per heavy atom. The van der Waals surface area contributed by atoms with Gasteiger partial charge in [0.2, 0.25) is 0 Å². The van der Waals surface area contributed by atoms with Crippen LogP contribution in [0, 0.1) is 20.8 Å². The van der Waals surface area contributed by atoms with E-state index in [9.17, 15) is 14.4 Å². The molecular weight excluding hydrogens is 612 g/mol. The highest BCUT2D eigenvalue weighted by Gasteiger charge is 2.33. The molecule has 0 aliphatic carbocycles. The van der Waals surface area contributed by atoms with Gasteiger partial charge in [-0.05, 0) is 96.3 Å². The third kappa shape index (κ3) is 9.21. The van der Waals surface area contributed by atoms with Gasteiger partial charge in [0.25, 0.3) is 11.8 Å². The van der Waals surface area contributed by atoms with Crippen molar-refractivity contribution in [1.29, 1.82) is 0 Å². The molecule has 0 saturated carbocycles. The van der Waals surface area contributed by atoms with E-state index in [1.807, 2.05) is 60.6 Å². The minimum Gasteiger partial charge on any atom is -0.495 e. The average Bonchev–Trinajstić information content (AvgIpc) is 3.01. The molecule has 0 spiro atoms. The van der Waals surface area contributed by atoms with Crippen LogP contribution in [0.15, 0.2) is 42.7 Å². The number of nitrogens with one attached hydrogen (secondary N) is 2. The van der Waals surface area contributed by atoms with Gasteiger partial charge in [-0.2, -0.15) is 0 Å². The molecule has 1 aliphatic rings. The van der Waals surface area contributed by atoms with E-state index in [1.54, 1.807) is 43.3 Å². The summed E-state index contributed by atoms with van der Waals surface area (Å²) in [6, 6.07) is 8.87. The summed E-state index contributed by atoms with van der Waals surface area (Å²) in [5, 5.41) is 5.70. The van der Waals surface area contributed by atoms with Crippen molar-refractivity contribution in [1.82, 2.24) is 25.1 Å². The van der Waals surface area contributed by atoms with Crippen molar-refractivity contribution in [2.75, 3.05) is 45.2 Å². The lowest BCUT2D eigenvalue weighted by molar-refractivity contribution is -0.00317. The molecule has 2 aromatic heterocycles. The predicted molar refractivity (Wildman–Crippen MR) is 184 cm³/mol. The molecule has 2 N–H and O–H groups in total. The summed E-state index contributed by atoms with van der Waals surface area (Å²) >= 11 is 0. The first-order valence-electron chi connectivity index (χ1n) is 16.2. The van der Waals surface area contributed by atoms with Crippen molar-refractivity contribution in [3.63, 3.8) is 0 Å². The summed E-state index contributed by atoms with van der Waals surface area (Å²) in [4.78, 5) is 52.7. The lowest BCUT2D eigenvalue weighted by Crippen LogP contribution is -2.55. The Morgan fingerprint density at radius 1 is 0.979 bits per heavy atom. The highest BCUT2D eigenvalue weighted by Crippen LogP contribution is 2.30. The van der Waals surface area contributed by atoms with Gasteiger partial charge >= 0.3 is 6.09 Å². The van der Waals surface area contributed by atoms with Gasteiger partial charge in [0.05, 0.1) is 24.6 Å². The molecule has 258 valence electrons. The summed E-state index contributed by atoms with van der Waals surface area (Å²) in [5.41, 5.74) is 3.03. The number of carbonyl (C=O) groups is 3. The van der Waals surface area contributed by atoms with E-state index < -0.39 is 17.6 Å². The lowest BCUT2D eigenvalue weighted by Gasteiger charge is -2.41. The van der Waals surface area contributed by atoms with Crippen molar-refractivity contribution in [2.45, 2.75) is 73.1 Å². The number of hydrogen-bond donors (Lipinski definition) is 2. The van der Waals surface area contributed by atoms with E-state index in [-0.39, 0.29) is 23.6 Å². The summed E-state index contributed by atoms with van der Waals surface area (Å²) in [7, 11) is 1.55. The number of hydrogen-bond acceptors (Lipinski definition) is 9. The second-order valence-electron chi connectivity index (χ2n) is 13.2. The second-order valence-corrected chi connectivity index (χ2v) is 13.2. The maximum Gasteiger partial charge on any atom is 0.410 e. The molecule has 4 rings (SSSR count). The van der Waals surface area contributed by atoms with E-state index in [4.69, 9.17) is 14.2 Å². The number of aromatic nitrogens is 2. The third-order valence-electron chi connectivity index (χ3n) is 7.97. The van der Waals surface area contributed by atoms with Crippen molar-refractivity contribution in [3.05, 3.63) is 76.2 Å². The normalized spacial score (nSPS) is 15.8. The largest absolute Gasteiger partial charge is 0.495 e. The van der Waals surface area contributed by atoms with Crippen LogP contribution in [0.3, 0.4) is 0 Å². The molecule has 0 unspecified atom stereocenters. The van der Waals surface area contributed by atoms with Gasteiger partial charge in [-0.1, -0.05) is 6.07 Å². The predicted octanol–water partition coefficient (Wildman–Crippen LogP) is 5.47. The number of methoxy groups -OCH3 is 1. The zero-order chi connectivity index (χ0) is 35.2. The Bertz CT molecular complexity index is 1620. The van der Waals surface area contributed by atoms with E-state index in [0.717, 1.165) is 11.1 Å². The second kappa shape index (κ2) is 15.5. The van der Waals surface area contributed by atoms with Crippen LogP contribution in [-0.4, -0.2) is 89.2 Å². The highest BCUT2D eigenvalue weighted by molar-refractivity contribution is 6.07. The number of aryl methyl sites for hydroxylation is 3. The zero-order valence-electron chi connectivity index (χ0n) is 29.5. The van der Waals surface area contributed by atoms with E-state index in [0.29, 0.717) is 66.9 Å². The van der Waals surface area contributed by atoms with Crippen molar-refractivity contribution < 1.29 is 28.6 Å². The van der Waals surface area contributed by atoms with Crippen LogP contribution < -0.4 is 20.1 Å². The Balaban J connectivity index is 1.62. The monoisotopic (exact) mass is 660 g/mol. The summed E-state index contributed by atoms with van der Waals surface area (Å²) in [6.07, 6.45) is 2.44. The number of piperazine rings is 1. The standard InChI is InChI=1S/C36H48N6O6/c1-10-37-33(43)28-17-27(34(44)40-32-24(4)15-26(46-9)19-39-32)23(3)16-30(28)47-31(29-12-11-22(2)18-38-29)21-41-13-14-42(25(5)20-41)35(45)48-36(6,7)8/h11-12,15-19,25,31H,10,13-14,20-21H2,1-9H3,(H,37,43)(H,39,40,44)/t25-,31-/m1/s1. The summed E-state index contributed by atoms with van der Waals surface area (Å²) < 4.78 is 17.5. The molecule has 1 aliphatic heterocycles. The van der Waals surface area contributed by atoms with Crippen LogP contribution in [0.5, 0.6) is 11.5 Å². The Kier molecular flexibility index (Phi) is 11.6. The Hall–Kier alpha value is -4.71. The smallest absolute Gasteiger partial charge is 0.410 e.